The first-order chi connectivity index (χ1) is 17.7. The monoisotopic (exact) mass is 499 g/mol. The second-order valence-electron chi connectivity index (χ2n) is 9.27. The molecule has 0 fully saturated rings. The number of carbonyl (C=O) groups is 2. The molecule has 0 radical (unpaired) electrons. The molecule has 4 rings (SSSR count). The van der Waals surface area contributed by atoms with E-state index in [1.165, 1.54) is 14.2 Å². The van der Waals surface area contributed by atoms with E-state index in [1.54, 1.807) is 30.3 Å². The van der Waals surface area contributed by atoms with Crippen LogP contribution in [0.2, 0.25) is 0 Å². The Labute approximate surface area is 214 Å². The number of H-pyrrole nitrogens is 1. The Morgan fingerprint density at radius 2 is 1.57 bits per heavy atom. The standard InChI is InChI=1S/C29H29N3O5/c1-29(2,17-30-27(34)22-15-18-7-5-6-8-23(18)32-28(22)35)20-10-12-21(13-11-20)31-26(33)19-9-14-24(36-3)25(16-19)37-4/h5-16H,17H2,1-4H3,(H,30,34)(H,31,33)(H,32,35). The lowest BCUT2D eigenvalue weighted by Gasteiger charge is -2.26. The van der Waals surface area contributed by atoms with Gasteiger partial charge in [-0.2, -0.15) is 0 Å². The second kappa shape index (κ2) is 10.6. The molecule has 0 aliphatic heterocycles. The molecule has 0 atom stereocenters. The normalized spacial score (nSPS) is 11.1. The molecule has 3 N–H and O–H groups in total. The van der Waals surface area contributed by atoms with Gasteiger partial charge in [0.2, 0.25) is 0 Å². The first-order valence-electron chi connectivity index (χ1n) is 11.8. The average Bonchev–Trinajstić information content (AvgIpc) is 2.91. The van der Waals surface area contributed by atoms with Crippen molar-refractivity contribution >= 4 is 28.4 Å². The van der Waals surface area contributed by atoms with Crippen molar-refractivity contribution in [2.24, 2.45) is 0 Å². The Balaban J connectivity index is 1.41. The zero-order valence-corrected chi connectivity index (χ0v) is 21.2. The topological polar surface area (TPSA) is 110 Å². The van der Waals surface area contributed by atoms with E-state index in [4.69, 9.17) is 9.47 Å². The van der Waals surface area contributed by atoms with Crippen molar-refractivity contribution in [3.63, 3.8) is 0 Å². The summed E-state index contributed by atoms with van der Waals surface area (Å²) in [5, 5.41) is 6.54. The maximum absolute atomic E-state index is 12.8. The number of aromatic amines is 1. The highest BCUT2D eigenvalue weighted by Crippen LogP contribution is 2.28. The number of benzene rings is 3. The molecule has 1 heterocycles. The maximum atomic E-state index is 12.8. The first-order valence-corrected chi connectivity index (χ1v) is 11.8. The molecule has 190 valence electrons. The van der Waals surface area contributed by atoms with E-state index in [0.717, 1.165) is 10.9 Å². The Bertz CT molecular complexity index is 1510. The number of rotatable bonds is 8. The molecule has 0 saturated heterocycles. The van der Waals surface area contributed by atoms with E-state index in [2.05, 4.69) is 15.6 Å². The van der Waals surface area contributed by atoms with Crippen molar-refractivity contribution in [3.05, 3.63) is 99.8 Å². The van der Waals surface area contributed by atoms with Crippen LogP contribution in [0.5, 0.6) is 11.5 Å². The van der Waals surface area contributed by atoms with Crippen LogP contribution in [-0.4, -0.2) is 37.6 Å². The van der Waals surface area contributed by atoms with E-state index >= 15 is 0 Å². The number of ether oxygens (including phenoxy) is 2. The predicted molar refractivity (Wildman–Crippen MR) is 144 cm³/mol. The quantitative estimate of drug-likeness (QED) is 0.331. The fourth-order valence-electron chi connectivity index (χ4n) is 4.00. The zero-order chi connectivity index (χ0) is 26.6. The van der Waals surface area contributed by atoms with Gasteiger partial charge in [0.15, 0.2) is 11.5 Å². The van der Waals surface area contributed by atoms with E-state index in [-0.39, 0.29) is 11.5 Å². The van der Waals surface area contributed by atoms with E-state index in [0.29, 0.717) is 34.8 Å². The number of methoxy groups -OCH3 is 2. The number of fused-ring (bicyclic) bond motifs is 1. The molecular formula is C29H29N3O5. The van der Waals surface area contributed by atoms with Gasteiger partial charge in [0.25, 0.3) is 17.4 Å². The number of amides is 2. The molecule has 1 aromatic heterocycles. The molecule has 4 aromatic rings. The third kappa shape index (κ3) is 5.64. The lowest BCUT2D eigenvalue weighted by Crippen LogP contribution is -2.38. The minimum atomic E-state index is -0.432. The Morgan fingerprint density at radius 1 is 0.865 bits per heavy atom. The lowest BCUT2D eigenvalue weighted by molar-refractivity contribution is 0.0943. The van der Waals surface area contributed by atoms with Crippen LogP contribution < -0.4 is 25.7 Å². The molecule has 0 bridgehead atoms. The van der Waals surface area contributed by atoms with E-state index in [9.17, 15) is 14.4 Å². The molecule has 0 unspecified atom stereocenters. The van der Waals surface area contributed by atoms with Crippen LogP contribution in [0.25, 0.3) is 10.9 Å². The van der Waals surface area contributed by atoms with Gasteiger partial charge in [-0.1, -0.05) is 44.2 Å². The number of aromatic nitrogens is 1. The van der Waals surface area contributed by atoms with Crippen LogP contribution in [0.15, 0.2) is 77.6 Å². The van der Waals surface area contributed by atoms with Gasteiger partial charge in [-0.05, 0) is 53.4 Å². The van der Waals surface area contributed by atoms with Gasteiger partial charge in [0.05, 0.1) is 14.2 Å². The molecule has 37 heavy (non-hydrogen) atoms. The highest BCUT2D eigenvalue weighted by atomic mass is 16.5. The van der Waals surface area contributed by atoms with Crippen LogP contribution in [-0.2, 0) is 5.41 Å². The molecule has 0 spiro atoms. The highest BCUT2D eigenvalue weighted by Gasteiger charge is 2.23. The van der Waals surface area contributed by atoms with Crippen LogP contribution >= 0.6 is 0 Å². The third-order valence-electron chi connectivity index (χ3n) is 6.26. The number of hydrogen-bond donors (Lipinski definition) is 3. The summed E-state index contributed by atoms with van der Waals surface area (Å²) in [6.45, 7) is 4.31. The number of anilines is 1. The average molecular weight is 500 g/mol. The smallest absolute Gasteiger partial charge is 0.261 e. The first kappa shape index (κ1) is 25.5. The molecule has 8 nitrogen and oxygen atoms in total. The van der Waals surface area contributed by atoms with Gasteiger partial charge in [0.1, 0.15) is 5.56 Å². The minimum absolute atomic E-state index is 0.0720. The van der Waals surface area contributed by atoms with Gasteiger partial charge < -0.3 is 25.1 Å². The zero-order valence-electron chi connectivity index (χ0n) is 21.2. The Hall–Kier alpha value is -4.59. The van der Waals surface area contributed by atoms with E-state index in [1.807, 2.05) is 56.3 Å². The summed E-state index contributed by atoms with van der Waals surface area (Å²) in [5.74, 6) is 0.308. The SMILES string of the molecule is COc1ccc(C(=O)Nc2ccc(C(C)(C)CNC(=O)c3cc4ccccc4[nH]c3=O)cc2)cc1OC. The number of para-hydroxylation sites is 1. The molecular weight excluding hydrogens is 470 g/mol. The third-order valence-corrected chi connectivity index (χ3v) is 6.26. The summed E-state index contributed by atoms with van der Waals surface area (Å²) >= 11 is 0. The fourth-order valence-corrected chi connectivity index (χ4v) is 4.00. The van der Waals surface area contributed by atoms with Gasteiger partial charge in [-0.3, -0.25) is 14.4 Å². The largest absolute Gasteiger partial charge is 0.493 e. The van der Waals surface area contributed by atoms with Crippen molar-refractivity contribution in [1.82, 2.24) is 10.3 Å². The van der Waals surface area contributed by atoms with Crippen molar-refractivity contribution < 1.29 is 19.1 Å². The number of hydrogen-bond acceptors (Lipinski definition) is 5. The summed E-state index contributed by atoms with van der Waals surface area (Å²) < 4.78 is 10.5. The maximum Gasteiger partial charge on any atom is 0.261 e. The lowest BCUT2D eigenvalue weighted by atomic mass is 9.84. The molecule has 8 heteroatoms. The fraction of sp³-hybridized carbons (Fsp3) is 0.207. The minimum Gasteiger partial charge on any atom is -0.493 e. The molecule has 3 aromatic carbocycles. The van der Waals surface area contributed by atoms with Crippen molar-refractivity contribution in [2.75, 3.05) is 26.1 Å². The summed E-state index contributed by atoms with van der Waals surface area (Å²) in [7, 11) is 3.05. The van der Waals surface area contributed by atoms with Crippen molar-refractivity contribution in [2.45, 2.75) is 19.3 Å². The van der Waals surface area contributed by atoms with Crippen LogP contribution in [0.4, 0.5) is 5.69 Å². The van der Waals surface area contributed by atoms with Gasteiger partial charge in [0, 0.05) is 28.7 Å². The number of carbonyl (C=O) groups excluding carboxylic acids is 2. The van der Waals surface area contributed by atoms with Gasteiger partial charge in [-0.25, -0.2) is 0 Å². The van der Waals surface area contributed by atoms with Gasteiger partial charge in [-0.15, -0.1) is 0 Å². The Morgan fingerprint density at radius 3 is 2.27 bits per heavy atom. The van der Waals surface area contributed by atoms with Gasteiger partial charge >= 0.3 is 0 Å². The summed E-state index contributed by atoms with van der Waals surface area (Å²) in [5.41, 5.74) is 1.93. The predicted octanol–water partition coefficient (Wildman–Crippen LogP) is 4.51. The van der Waals surface area contributed by atoms with Crippen LogP contribution in [0, 0.1) is 0 Å². The molecule has 0 aliphatic carbocycles. The summed E-state index contributed by atoms with van der Waals surface area (Å²) in [6.07, 6.45) is 0. The van der Waals surface area contributed by atoms with Crippen molar-refractivity contribution in [3.8, 4) is 11.5 Å². The Kier molecular flexibility index (Phi) is 7.29. The summed E-state index contributed by atoms with van der Waals surface area (Å²) in [6, 6.07) is 21.3. The summed E-state index contributed by atoms with van der Waals surface area (Å²) in [4.78, 5) is 40.6. The number of nitrogens with one attached hydrogen (secondary N) is 3. The van der Waals surface area contributed by atoms with Crippen molar-refractivity contribution in [1.29, 1.82) is 0 Å². The number of pyridine rings is 1. The molecule has 2 amide bonds. The molecule has 0 saturated carbocycles. The van der Waals surface area contributed by atoms with Crippen LogP contribution in [0.1, 0.15) is 40.1 Å². The van der Waals surface area contributed by atoms with E-state index < -0.39 is 16.9 Å². The van der Waals surface area contributed by atoms with Crippen LogP contribution in [0.3, 0.4) is 0 Å². The second-order valence-corrected chi connectivity index (χ2v) is 9.27. The highest BCUT2D eigenvalue weighted by molar-refractivity contribution is 6.04. The molecule has 0 aliphatic rings.